The summed E-state index contributed by atoms with van der Waals surface area (Å²) in [6.07, 6.45) is -0.638. The zero-order valence-corrected chi connectivity index (χ0v) is 29.5. The number of amides is 2. The lowest BCUT2D eigenvalue weighted by atomic mass is 9.90. The number of halogens is 1. The summed E-state index contributed by atoms with van der Waals surface area (Å²) in [4.78, 5) is 41.2. The number of benzene rings is 3. The van der Waals surface area contributed by atoms with Crippen molar-refractivity contribution in [3.05, 3.63) is 130 Å². The summed E-state index contributed by atoms with van der Waals surface area (Å²) in [7, 11) is 0. The summed E-state index contributed by atoms with van der Waals surface area (Å²) in [5.74, 6) is -1.24. The van der Waals surface area contributed by atoms with E-state index in [-0.39, 0.29) is 32.0 Å². The van der Waals surface area contributed by atoms with Crippen molar-refractivity contribution < 1.29 is 42.9 Å². The molecule has 1 aliphatic heterocycles. The van der Waals surface area contributed by atoms with Crippen LogP contribution < -0.4 is 0 Å². The van der Waals surface area contributed by atoms with Crippen LogP contribution in [0.5, 0.6) is 0 Å². The monoisotopic (exact) mass is 747 g/mol. The smallest absolute Gasteiger partial charge is 0.416 e. The lowest BCUT2D eigenvalue weighted by molar-refractivity contribution is -0.155. The number of hydrogen-bond acceptors (Lipinski definition) is 9. The largest absolute Gasteiger partial charge is 0.461 e. The van der Waals surface area contributed by atoms with Crippen LogP contribution in [-0.4, -0.2) is 66.5 Å². The first-order chi connectivity index (χ1) is 24.3. The number of esters is 1. The number of imide groups is 1. The number of hydrogen-bond donors (Lipinski definition) is 1. The molecule has 10 nitrogen and oxygen atoms in total. The minimum atomic E-state index is -1.13. The second-order valence-corrected chi connectivity index (χ2v) is 13.0. The quantitative estimate of drug-likeness (QED) is 0.0883. The van der Waals surface area contributed by atoms with Gasteiger partial charge in [-0.3, -0.25) is 9.59 Å². The molecule has 0 aliphatic carbocycles. The van der Waals surface area contributed by atoms with Crippen molar-refractivity contribution >= 4 is 33.9 Å². The molecule has 1 saturated heterocycles. The number of ether oxygens (including phenoxy) is 4. The van der Waals surface area contributed by atoms with Crippen LogP contribution in [0, 0.1) is 5.92 Å². The van der Waals surface area contributed by atoms with E-state index in [4.69, 9.17) is 23.4 Å². The summed E-state index contributed by atoms with van der Waals surface area (Å²) < 4.78 is 29.7. The maximum atomic E-state index is 14.4. The van der Waals surface area contributed by atoms with Gasteiger partial charge in [0.25, 0.3) is 0 Å². The van der Waals surface area contributed by atoms with E-state index in [0.717, 1.165) is 21.6 Å². The molecule has 0 bridgehead atoms. The van der Waals surface area contributed by atoms with Gasteiger partial charge in [0.15, 0.2) is 6.10 Å². The Morgan fingerprint density at radius 1 is 0.960 bits per heavy atom. The number of aliphatic hydroxyl groups is 1. The summed E-state index contributed by atoms with van der Waals surface area (Å²) >= 11 is 3.58. The lowest BCUT2D eigenvalue weighted by Gasteiger charge is -2.29. The Kier molecular flexibility index (Phi) is 13.8. The predicted octanol–water partition coefficient (Wildman–Crippen LogP) is 6.62. The second kappa shape index (κ2) is 18.6. The molecule has 0 saturated carbocycles. The van der Waals surface area contributed by atoms with Crippen LogP contribution in [0.3, 0.4) is 0 Å². The third-order valence-corrected chi connectivity index (χ3v) is 9.04. The van der Waals surface area contributed by atoms with Gasteiger partial charge in [0.1, 0.15) is 24.2 Å². The number of aliphatic hydroxyl groups excluding tert-OH is 1. The molecule has 4 aromatic rings. The zero-order valence-electron chi connectivity index (χ0n) is 27.9. The number of nitrogens with zero attached hydrogens (tertiary/aromatic N) is 1. The molecule has 1 aromatic heterocycles. The van der Waals surface area contributed by atoms with Crippen molar-refractivity contribution in [2.45, 2.75) is 57.5 Å². The van der Waals surface area contributed by atoms with Crippen LogP contribution in [0.25, 0.3) is 0 Å². The molecular formula is C39H42BrNO9. The zero-order chi connectivity index (χ0) is 35.3. The molecule has 1 N–H and O–H groups in total. The molecule has 1 fully saturated rings. The topological polar surface area (TPSA) is 125 Å². The Morgan fingerprint density at radius 3 is 2.24 bits per heavy atom. The van der Waals surface area contributed by atoms with E-state index in [0.29, 0.717) is 42.7 Å². The summed E-state index contributed by atoms with van der Waals surface area (Å²) in [5, 5.41) is 9.72. The van der Waals surface area contributed by atoms with Crippen LogP contribution in [0.1, 0.15) is 47.7 Å². The van der Waals surface area contributed by atoms with Crippen LogP contribution in [0.2, 0.25) is 0 Å². The maximum absolute atomic E-state index is 14.4. The van der Waals surface area contributed by atoms with Crippen molar-refractivity contribution in [3.8, 4) is 0 Å². The average molecular weight is 749 g/mol. The van der Waals surface area contributed by atoms with Gasteiger partial charge < -0.3 is 28.5 Å². The highest BCUT2D eigenvalue weighted by molar-refractivity contribution is 9.10. The van der Waals surface area contributed by atoms with Crippen molar-refractivity contribution in [3.63, 3.8) is 0 Å². The fraction of sp³-hybridized carbons (Fsp3) is 0.359. The Balaban J connectivity index is 1.28. The van der Waals surface area contributed by atoms with Crippen molar-refractivity contribution in [2.75, 3.05) is 26.4 Å². The molecule has 11 heteroatoms. The fourth-order valence-electron chi connectivity index (χ4n) is 5.88. The van der Waals surface area contributed by atoms with E-state index in [1.807, 2.05) is 91.0 Å². The Morgan fingerprint density at radius 2 is 1.60 bits per heavy atom. The third-order valence-electron chi connectivity index (χ3n) is 8.37. The van der Waals surface area contributed by atoms with Crippen molar-refractivity contribution in [1.29, 1.82) is 0 Å². The second-order valence-electron chi connectivity index (χ2n) is 12.2. The molecule has 50 heavy (non-hydrogen) atoms. The molecule has 3 aromatic carbocycles. The highest BCUT2D eigenvalue weighted by Crippen LogP contribution is 2.37. The van der Waals surface area contributed by atoms with Crippen LogP contribution in [-0.2, 0) is 54.4 Å². The number of carbonyl (C=O) groups excluding carboxylic acids is 3. The molecule has 0 radical (unpaired) electrons. The van der Waals surface area contributed by atoms with Crippen LogP contribution in [0.4, 0.5) is 4.79 Å². The van der Waals surface area contributed by atoms with Gasteiger partial charge in [0, 0.05) is 20.0 Å². The van der Waals surface area contributed by atoms with Gasteiger partial charge in [0.2, 0.25) is 5.91 Å². The summed E-state index contributed by atoms with van der Waals surface area (Å²) in [6.45, 7) is 2.17. The highest BCUT2D eigenvalue weighted by atomic mass is 79.9. The van der Waals surface area contributed by atoms with Gasteiger partial charge in [-0.2, -0.15) is 0 Å². The van der Waals surface area contributed by atoms with Crippen LogP contribution >= 0.6 is 15.9 Å². The molecular weight excluding hydrogens is 706 g/mol. The van der Waals surface area contributed by atoms with Gasteiger partial charge in [-0.25, -0.2) is 9.69 Å². The number of cyclic esters (lactones) is 1. The van der Waals surface area contributed by atoms with Crippen molar-refractivity contribution in [1.82, 2.24) is 4.90 Å². The van der Waals surface area contributed by atoms with Gasteiger partial charge in [-0.15, -0.1) is 0 Å². The Bertz CT molecular complexity index is 1660. The van der Waals surface area contributed by atoms with Gasteiger partial charge in [-0.1, -0.05) is 91.0 Å². The van der Waals surface area contributed by atoms with Crippen molar-refractivity contribution in [2.24, 2.45) is 5.92 Å². The molecule has 5 rings (SSSR count). The molecule has 0 spiro atoms. The van der Waals surface area contributed by atoms with Gasteiger partial charge in [-0.05, 0) is 57.9 Å². The number of aryl methyl sites for hydroxylation is 1. The van der Waals surface area contributed by atoms with Gasteiger partial charge in [0.05, 0.1) is 36.3 Å². The minimum absolute atomic E-state index is 0.0620. The maximum Gasteiger partial charge on any atom is 0.416 e. The van der Waals surface area contributed by atoms with E-state index in [1.54, 1.807) is 6.07 Å². The Labute approximate surface area is 300 Å². The molecule has 4 atom stereocenters. The first kappa shape index (κ1) is 37.0. The number of carbonyl (C=O) groups is 3. The minimum Gasteiger partial charge on any atom is -0.461 e. The predicted molar refractivity (Wildman–Crippen MR) is 188 cm³/mol. The first-order valence-corrected chi connectivity index (χ1v) is 17.5. The van der Waals surface area contributed by atoms with E-state index in [2.05, 4.69) is 15.9 Å². The molecule has 4 unspecified atom stereocenters. The third kappa shape index (κ3) is 10.4. The van der Waals surface area contributed by atoms with E-state index >= 15 is 0 Å². The highest BCUT2D eigenvalue weighted by Gasteiger charge is 2.45. The van der Waals surface area contributed by atoms with Gasteiger partial charge >= 0.3 is 12.1 Å². The average Bonchev–Trinajstić information content (AvgIpc) is 3.69. The van der Waals surface area contributed by atoms with E-state index in [1.165, 1.54) is 6.92 Å². The standard InChI is InChI=1S/C39H42BrNO9/c1-27(43)49-37(36-22-34(40)35(50-36)18-11-19-46-26-32(23-42)47-24-30-16-9-4-10-17-30)33(21-29-14-7-3-8-15-29)38(44)41-31(25-48-39(41)45)20-28-12-5-2-6-13-28/h2-10,12-17,22,31-33,37,42H,11,18-21,23-26H2,1H3. The van der Waals surface area contributed by atoms with E-state index < -0.39 is 42.1 Å². The summed E-state index contributed by atoms with van der Waals surface area (Å²) in [6, 6.07) is 29.8. The Hall–Kier alpha value is -4.29. The first-order valence-electron chi connectivity index (χ1n) is 16.7. The lowest BCUT2D eigenvalue weighted by Crippen LogP contribution is -2.46. The summed E-state index contributed by atoms with van der Waals surface area (Å²) in [5.41, 5.74) is 2.79. The number of rotatable bonds is 18. The SMILES string of the molecule is CC(=O)OC(c1cc(Br)c(CCCOCC(CO)OCc2ccccc2)o1)C(Cc1ccccc1)C(=O)N1C(=O)OCC1Cc1ccccc1. The fourth-order valence-corrected chi connectivity index (χ4v) is 6.39. The normalized spacial score (nSPS) is 16.1. The number of furan rings is 1. The molecule has 2 amide bonds. The molecule has 2 heterocycles. The molecule has 1 aliphatic rings. The molecule has 264 valence electrons. The van der Waals surface area contributed by atoms with E-state index in [9.17, 15) is 19.5 Å². The van der Waals surface area contributed by atoms with Crippen LogP contribution in [0.15, 0.2) is 106 Å².